The molecule has 7 nitrogen and oxygen atoms in total. The molecule has 2 aliphatic heterocycles. The van der Waals surface area contributed by atoms with Gasteiger partial charge in [-0.25, -0.2) is 0 Å². The Morgan fingerprint density at radius 1 is 1.23 bits per heavy atom. The van der Waals surface area contributed by atoms with Crippen LogP contribution in [0.4, 0.5) is 4.79 Å². The average molecular weight is 574 g/mol. The van der Waals surface area contributed by atoms with Gasteiger partial charge in [-0.1, -0.05) is 11.6 Å². The van der Waals surface area contributed by atoms with E-state index in [1.54, 1.807) is 31.4 Å². The molecular formula is C21H17ClINO6S. The number of thioether (sulfide) groups is 1. The molecule has 2 aromatic carbocycles. The van der Waals surface area contributed by atoms with Gasteiger partial charge in [0, 0.05) is 11.1 Å². The second-order valence-corrected chi connectivity index (χ2v) is 9.09. The zero-order chi connectivity index (χ0) is 22.1. The van der Waals surface area contributed by atoms with Crippen molar-refractivity contribution in [1.29, 1.82) is 0 Å². The van der Waals surface area contributed by atoms with Crippen LogP contribution in [0.3, 0.4) is 0 Å². The summed E-state index contributed by atoms with van der Waals surface area (Å²) in [4.78, 5) is 27.0. The largest absolute Gasteiger partial charge is 0.493 e. The number of methoxy groups -OCH3 is 1. The third-order valence-electron chi connectivity index (χ3n) is 4.58. The van der Waals surface area contributed by atoms with E-state index in [4.69, 9.17) is 30.5 Å². The zero-order valence-corrected chi connectivity index (χ0v) is 20.3. The number of fused-ring (bicyclic) bond motifs is 1. The molecule has 0 saturated carbocycles. The lowest BCUT2D eigenvalue weighted by atomic mass is 10.1. The summed E-state index contributed by atoms with van der Waals surface area (Å²) in [5.41, 5.74) is 1.34. The molecule has 0 unspecified atom stereocenters. The van der Waals surface area contributed by atoms with E-state index < -0.39 is 0 Å². The number of hydrogen-bond donors (Lipinski definition) is 0. The highest BCUT2D eigenvalue weighted by atomic mass is 127. The highest BCUT2D eigenvalue weighted by Crippen LogP contribution is 2.40. The lowest BCUT2D eigenvalue weighted by Crippen LogP contribution is -2.27. The minimum absolute atomic E-state index is 0.0433. The number of halogens is 2. The molecule has 31 heavy (non-hydrogen) atoms. The molecule has 0 radical (unpaired) electrons. The van der Waals surface area contributed by atoms with Crippen molar-refractivity contribution in [2.45, 2.75) is 13.5 Å². The molecule has 4 rings (SSSR count). The number of carbonyl (C=O) groups excluding carboxylic acids is 2. The molecule has 2 aromatic rings. The van der Waals surface area contributed by atoms with Crippen LogP contribution in [0.15, 0.2) is 29.2 Å². The number of rotatable bonds is 6. The lowest BCUT2D eigenvalue weighted by Gasteiger charge is -2.14. The molecule has 0 aromatic heterocycles. The first-order valence-corrected chi connectivity index (χ1v) is 11.5. The molecule has 10 heteroatoms. The molecule has 0 N–H and O–H groups in total. The van der Waals surface area contributed by atoms with Crippen molar-refractivity contribution >= 4 is 63.2 Å². The van der Waals surface area contributed by atoms with E-state index in [2.05, 4.69) is 22.6 Å². The van der Waals surface area contributed by atoms with Gasteiger partial charge in [-0.05, 0) is 76.7 Å². The Balaban J connectivity index is 1.59. The Kier molecular flexibility index (Phi) is 6.54. The maximum atomic E-state index is 12.9. The van der Waals surface area contributed by atoms with Crippen molar-refractivity contribution in [3.63, 3.8) is 0 Å². The van der Waals surface area contributed by atoms with Crippen LogP contribution in [-0.2, 0) is 11.3 Å². The van der Waals surface area contributed by atoms with E-state index in [0.29, 0.717) is 45.1 Å². The van der Waals surface area contributed by atoms with Crippen molar-refractivity contribution in [2.24, 2.45) is 0 Å². The summed E-state index contributed by atoms with van der Waals surface area (Å²) in [5.74, 6) is 1.91. The standard InChI is InChI=1S/C21H17ClINO6S/c1-3-28-19-14(23)4-11(5-17(19)27-2)6-18-20(25)24(21(26)31-18)9-12-7-15-16(8-13(12)22)30-10-29-15/h4-8H,3,9-10H2,1-2H3/b18-6+. The van der Waals surface area contributed by atoms with Crippen LogP contribution < -0.4 is 18.9 Å². The molecule has 0 atom stereocenters. The number of benzene rings is 2. The Labute approximate surface area is 201 Å². The Morgan fingerprint density at radius 3 is 2.68 bits per heavy atom. The van der Waals surface area contributed by atoms with Crippen LogP contribution in [0.25, 0.3) is 6.08 Å². The number of hydrogen-bond acceptors (Lipinski definition) is 7. The van der Waals surface area contributed by atoms with Gasteiger partial charge in [0.25, 0.3) is 11.1 Å². The minimum Gasteiger partial charge on any atom is -0.493 e. The number of imide groups is 1. The summed E-state index contributed by atoms with van der Waals surface area (Å²) in [6.45, 7) is 2.56. The van der Waals surface area contributed by atoms with Gasteiger partial charge in [-0.2, -0.15) is 0 Å². The fourth-order valence-electron chi connectivity index (χ4n) is 3.15. The highest BCUT2D eigenvalue weighted by Gasteiger charge is 2.36. The minimum atomic E-state index is -0.383. The molecular weight excluding hydrogens is 557 g/mol. The smallest absolute Gasteiger partial charge is 0.293 e. The summed E-state index contributed by atoms with van der Waals surface area (Å²) in [7, 11) is 1.56. The summed E-state index contributed by atoms with van der Waals surface area (Å²) in [6.07, 6.45) is 1.67. The van der Waals surface area contributed by atoms with E-state index in [0.717, 1.165) is 25.8 Å². The van der Waals surface area contributed by atoms with Gasteiger partial charge in [-0.3, -0.25) is 14.5 Å². The number of nitrogens with zero attached hydrogens (tertiary/aromatic N) is 1. The molecule has 2 aliphatic rings. The van der Waals surface area contributed by atoms with Gasteiger partial charge >= 0.3 is 0 Å². The van der Waals surface area contributed by atoms with Gasteiger partial charge in [0.05, 0.1) is 28.7 Å². The van der Waals surface area contributed by atoms with Crippen molar-refractivity contribution in [3.8, 4) is 23.0 Å². The molecule has 0 spiro atoms. The van der Waals surface area contributed by atoms with E-state index >= 15 is 0 Å². The molecule has 0 aliphatic carbocycles. The van der Waals surface area contributed by atoms with Gasteiger partial charge < -0.3 is 18.9 Å². The van der Waals surface area contributed by atoms with Crippen LogP contribution in [0, 0.1) is 3.57 Å². The lowest BCUT2D eigenvalue weighted by molar-refractivity contribution is -0.123. The number of amides is 2. The first-order valence-electron chi connectivity index (χ1n) is 9.25. The zero-order valence-electron chi connectivity index (χ0n) is 16.6. The first kappa shape index (κ1) is 22.1. The molecule has 2 amide bonds. The second kappa shape index (κ2) is 9.17. The van der Waals surface area contributed by atoms with E-state index in [9.17, 15) is 9.59 Å². The van der Waals surface area contributed by atoms with E-state index in [-0.39, 0.29) is 24.5 Å². The fourth-order valence-corrected chi connectivity index (χ4v) is 4.98. The summed E-state index contributed by atoms with van der Waals surface area (Å²) in [5, 5.41) is 0.0377. The quantitative estimate of drug-likeness (QED) is 0.342. The third-order valence-corrected chi connectivity index (χ3v) is 6.64. The third kappa shape index (κ3) is 4.44. The Hall–Kier alpha value is -2.11. The van der Waals surface area contributed by atoms with Crippen LogP contribution in [0.2, 0.25) is 5.02 Å². The topological polar surface area (TPSA) is 74.3 Å². The summed E-state index contributed by atoms with van der Waals surface area (Å²) in [6, 6.07) is 6.96. The Morgan fingerprint density at radius 2 is 1.97 bits per heavy atom. The fraction of sp³-hybridized carbons (Fsp3) is 0.238. The van der Waals surface area contributed by atoms with Crippen molar-refractivity contribution < 1.29 is 28.5 Å². The van der Waals surface area contributed by atoms with Gasteiger partial charge in [0.2, 0.25) is 6.79 Å². The highest BCUT2D eigenvalue weighted by molar-refractivity contribution is 14.1. The van der Waals surface area contributed by atoms with Crippen LogP contribution >= 0.6 is 46.0 Å². The van der Waals surface area contributed by atoms with Crippen molar-refractivity contribution in [3.05, 3.63) is 48.9 Å². The number of carbonyl (C=O) groups is 2. The van der Waals surface area contributed by atoms with Crippen molar-refractivity contribution in [2.75, 3.05) is 20.5 Å². The maximum Gasteiger partial charge on any atom is 0.293 e. The van der Waals surface area contributed by atoms with Gasteiger partial charge in [0.15, 0.2) is 23.0 Å². The van der Waals surface area contributed by atoms with Crippen LogP contribution in [-0.4, -0.2) is 36.6 Å². The van der Waals surface area contributed by atoms with E-state index in [1.807, 2.05) is 13.0 Å². The molecule has 1 saturated heterocycles. The monoisotopic (exact) mass is 573 g/mol. The average Bonchev–Trinajstić information content (AvgIpc) is 3.29. The van der Waals surface area contributed by atoms with Crippen molar-refractivity contribution in [1.82, 2.24) is 4.90 Å². The molecule has 0 bridgehead atoms. The predicted octanol–water partition coefficient (Wildman–Crippen LogP) is 5.32. The first-order chi connectivity index (χ1) is 14.9. The van der Waals surface area contributed by atoms with E-state index in [1.165, 1.54) is 0 Å². The second-order valence-electron chi connectivity index (χ2n) is 6.53. The SMILES string of the molecule is CCOc1c(I)cc(/C=C2/SC(=O)N(Cc3cc4c(cc3Cl)OCO4)C2=O)cc1OC. The Bertz CT molecular complexity index is 1110. The van der Waals surface area contributed by atoms with Crippen LogP contribution in [0.5, 0.6) is 23.0 Å². The summed E-state index contributed by atoms with van der Waals surface area (Å²) < 4.78 is 22.5. The normalized spacial score (nSPS) is 16.4. The summed E-state index contributed by atoms with van der Waals surface area (Å²) >= 11 is 9.34. The van der Waals surface area contributed by atoms with Gasteiger partial charge in [0.1, 0.15) is 0 Å². The van der Waals surface area contributed by atoms with Gasteiger partial charge in [-0.15, -0.1) is 0 Å². The number of ether oxygens (including phenoxy) is 4. The molecule has 162 valence electrons. The predicted molar refractivity (Wildman–Crippen MR) is 126 cm³/mol. The van der Waals surface area contributed by atoms with Crippen LogP contribution in [0.1, 0.15) is 18.1 Å². The molecule has 2 heterocycles. The maximum absolute atomic E-state index is 12.9. The molecule has 1 fully saturated rings.